The molecule has 1 atom stereocenters. The van der Waals surface area contributed by atoms with Gasteiger partial charge in [-0.3, -0.25) is 4.79 Å². The molecule has 1 rings (SSSR count). The fraction of sp³-hybridized carbons (Fsp3) is 0.800. The minimum Gasteiger partial charge on any atom is -0.480 e. The Morgan fingerprint density at radius 3 is 2.31 bits per heavy atom. The Bertz CT molecular complexity index is 201. The predicted octanol–water partition coefficient (Wildman–Crippen LogP) is -2.46. The van der Waals surface area contributed by atoms with E-state index in [9.17, 15) is 17.7 Å². The molecule has 1 N–H and O–H groups in total. The number of likely N-dealkylation sites (tertiary alicyclic amines) is 1. The van der Waals surface area contributed by atoms with Gasteiger partial charge >= 0.3 is 64.3 Å². The van der Waals surface area contributed by atoms with Crippen molar-refractivity contribution in [3.8, 4) is 0 Å². The number of carboxylic acid groups (broad SMARTS) is 1. The fourth-order valence-corrected chi connectivity index (χ4v) is 1.20. The largest absolute Gasteiger partial charge is 1.00 e. The molecular weight excluding hydrogens is 213 g/mol. The van der Waals surface area contributed by atoms with E-state index in [2.05, 4.69) is 0 Å². The van der Waals surface area contributed by atoms with Gasteiger partial charge in [0.05, 0.1) is 0 Å². The van der Waals surface area contributed by atoms with Gasteiger partial charge < -0.3 is 23.0 Å². The van der Waals surface area contributed by atoms with Crippen LogP contribution in [0.2, 0.25) is 0 Å². The first-order chi connectivity index (χ1) is 5.40. The van der Waals surface area contributed by atoms with E-state index in [1.165, 1.54) is 0 Å². The van der Waals surface area contributed by atoms with Gasteiger partial charge in [0.15, 0.2) is 0 Å². The van der Waals surface area contributed by atoms with Crippen LogP contribution < -0.4 is 51.4 Å². The van der Waals surface area contributed by atoms with Crippen molar-refractivity contribution in [3.63, 3.8) is 0 Å². The van der Waals surface area contributed by atoms with Crippen LogP contribution in [0.25, 0.3) is 0 Å². The maximum Gasteiger partial charge on any atom is 1.00 e. The van der Waals surface area contributed by atoms with E-state index in [-0.39, 0.29) is 57.9 Å². The summed E-state index contributed by atoms with van der Waals surface area (Å²) in [5, 5.41) is 8.40. The second kappa shape index (κ2) is 5.13. The minimum absolute atomic E-state index is 0. The molecule has 3 nitrogen and oxygen atoms in total. The van der Waals surface area contributed by atoms with Crippen molar-refractivity contribution >= 4 is 12.9 Å². The molecule has 0 saturated carbocycles. The minimum atomic E-state index is -4.89. The van der Waals surface area contributed by atoms with Gasteiger partial charge in [-0.25, -0.2) is 0 Å². The van der Waals surface area contributed by atoms with Crippen LogP contribution in [0.15, 0.2) is 0 Å². The summed E-state index contributed by atoms with van der Waals surface area (Å²) in [5.41, 5.74) is 0. The summed E-state index contributed by atoms with van der Waals surface area (Å²) in [6, 6.07) is -0.923. The van der Waals surface area contributed by atoms with Gasteiger partial charge in [0.25, 0.3) is 0 Å². The summed E-state index contributed by atoms with van der Waals surface area (Å²) in [7, 11) is 0. The Balaban J connectivity index is 0.00000144. The number of aliphatic carboxylic acids is 1. The van der Waals surface area contributed by atoms with Crippen molar-refractivity contribution in [2.45, 2.75) is 12.5 Å². The third-order valence-corrected chi connectivity index (χ3v) is 1.86. The SMILES string of the molecule is O=C(O)C1CCN1C[B-](F)(F)F.[K+]. The number of halogens is 3. The molecule has 13 heavy (non-hydrogen) atoms. The quantitative estimate of drug-likeness (QED) is 0.537. The number of rotatable bonds is 3. The Hall–Kier alpha value is 0.921. The van der Waals surface area contributed by atoms with E-state index in [0.29, 0.717) is 6.42 Å². The molecule has 1 unspecified atom stereocenters. The zero-order valence-electron chi connectivity index (χ0n) is 7.21. The Kier molecular flexibility index (Phi) is 5.49. The molecule has 8 heteroatoms. The molecule has 1 heterocycles. The van der Waals surface area contributed by atoms with Gasteiger partial charge in [-0.1, -0.05) is 0 Å². The van der Waals surface area contributed by atoms with E-state index in [4.69, 9.17) is 5.11 Å². The van der Waals surface area contributed by atoms with Crippen LogP contribution in [0.3, 0.4) is 0 Å². The summed E-state index contributed by atoms with van der Waals surface area (Å²) in [6.45, 7) is -4.66. The van der Waals surface area contributed by atoms with Crippen molar-refractivity contribution in [2.24, 2.45) is 0 Å². The first-order valence-electron chi connectivity index (χ1n) is 3.58. The Morgan fingerprint density at radius 2 is 2.08 bits per heavy atom. The normalized spacial score (nSPS) is 23.2. The van der Waals surface area contributed by atoms with Gasteiger partial charge in [0, 0.05) is 0 Å². The first kappa shape index (κ1) is 13.9. The van der Waals surface area contributed by atoms with E-state index in [1.807, 2.05) is 0 Å². The van der Waals surface area contributed by atoms with Crippen LogP contribution in [0.5, 0.6) is 0 Å². The van der Waals surface area contributed by atoms with E-state index in [1.54, 1.807) is 0 Å². The van der Waals surface area contributed by atoms with Crippen molar-refractivity contribution < 1.29 is 74.2 Å². The van der Waals surface area contributed by atoms with Crippen LogP contribution in [0, 0.1) is 0 Å². The van der Waals surface area contributed by atoms with Gasteiger partial charge in [-0.2, -0.15) is 0 Å². The molecule has 0 aliphatic carbocycles. The zero-order valence-corrected chi connectivity index (χ0v) is 10.3. The van der Waals surface area contributed by atoms with Gasteiger partial charge in [-0.15, -0.1) is 0 Å². The number of nitrogens with zero attached hydrogens (tertiary/aromatic N) is 1. The first-order valence-corrected chi connectivity index (χ1v) is 3.58. The predicted molar refractivity (Wildman–Crippen MR) is 36.7 cm³/mol. The zero-order chi connectivity index (χ0) is 9.35. The third-order valence-electron chi connectivity index (χ3n) is 1.86. The molecule has 1 aliphatic rings. The van der Waals surface area contributed by atoms with Gasteiger partial charge in [0.1, 0.15) is 6.04 Å². The molecule has 1 fully saturated rings. The van der Waals surface area contributed by atoms with Crippen LogP contribution in [-0.4, -0.2) is 42.0 Å². The van der Waals surface area contributed by atoms with E-state index >= 15 is 0 Å². The molecule has 0 aromatic carbocycles. The summed E-state index contributed by atoms with van der Waals surface area (Å²) in [6.07, 6.45) is -0.738. The molecule has 0 spiro atoms. The average Bonchev–Trinajstić information content (AvgIpc) is 1.77. The average molecular weight is 221 g/mol. The second-order valence-corrected chi connectivity index (χ2v) is 2.85. The molecule has 1 aliphatic heterocycles. The van der Waals surface area contributed by atoms with Crippen molar-refractivity contribution in [2.75, 3.05) is 13.0 Å². The van der Waals surface area contributed by atoms with E-state index in [0.717, 1.165) is 4.90 Å². The molecule has 70 valence electrons. The van der Waals surface area contributed by atoms with Crippen LogP contribution in [0.4, 0.5) is 12.9 Å². The summed E-state index contributed by atoms with van der Waals surface area (Å²) in [5.74, 6) is -1.17. The van der Waals surface area contributed by atoms with Crippen molar-refractivity contribution in [1.29, 1.82) is 0 Å². The summed E-state index contributed by atoms with van der Waals surface area (Å²) >= 11 is 0. The topological polar surface area (TPSA) is 40.5 Å². The maximum atomic E-state index is 11.8. The number of hydrogen-bond acceptors (Lipinski definition) is 2. The Labute approximate surface area is 116 Å². The van der Waals surface area contributed by atoms with Gasteiger partial charge in [0.2, 0.25) is 0 Å². The summed E-state index contributed by atoms with van der Waals surface area (Å²) < 4.78 is 35.4. The standard InChI is InChI=1S/C5H8BF3NO2.K/c7-6(8,9)3-10-2-1-4(10)5(11)12;/h4H,1-3H2,(H,11,12);/q-1;+1. The van der Waals surface area contributed by atoms with Crippen molar-refractivity contribution in [3.05, 3.63) is 0 Å². The number of hydrogen-bond donors (Lipinski definition) is 1. The Morgan fingerprint density at radius 1 is 1.54 bits per heavy atom. The van der Waals surface area contributed by atoms with Crippen molar-refractivity contribution in [1.82, 2.24) is 4.90 Å². The monoisotopic (exact) mass is 221 g/mol. The third kappa shape index (κ3) is 4.30. The maximum absolute atomic E-state index is 11.8. The molecule has 0 bridgehead atoms. The van der Waals surface area contributed by atoms with Crippen LogP contribution >= 0.6 is 0 Å². The molecule has 1 saturated heterocycles. The fourth-order valence-electron chi connectivity index (χ4n) is 1.20. The molecule has 0 aromatic heterocycles. The van der Waals surface area contributed by atoms with E-state index < -0.39 is 25.4 Å². The molecule has 0 aromatic rings. The summed E-state index contributed by atoms with van der Waals surface area (Å²) in [4.78, 5) is 11.2. The second-order valence-electron chi connectivity index (χ2n) is 2.85. The molecular formula is C5H8BF3KNO2. The number of carbonyl (C=O) groups is 1. The number of carboxylic acids is 1. The van der Waals surface area contributed by atoms with Crippen LogP contribution in [-0.2, 0) is 4.79 Å². The molecule has 0 amide bonds. The smallest absolute Gasteiger partial charge is 0.480 e. The van der Waals surface area contributed by atoms with Gasteiger partial charge in [-0.05, 0) is 19.4 Å². The molecule has 0 radical (unpaired) electrons. The van der Waals surface area contributed by atoms with Crippen LogP contribution in [0.1, 0.15) is 6.42 Å².